The zero-order valence-corrected chi connectivity index (χ0v) is 17.3. The van der Waals surface area contributed by atoms with Crippen LogP contribution in [0.3, 0.4) is 0 Å². The fourth-order valence-electron chi connectivity index (χ4n) is 4.27. The third-order valence-electron chi connectivity index (χ3n) is 6.19. The lowest BCUT2D eigenvalue weighted by Crippen LogP contribution is -2.33. The number of halogens is 1. The third-order valence-corrected chi connectivity index (χ3v) is 6.19. The fourth-order valence-corrected chi connectivity index (χ4v) is 4.27. The van der Waals surface area contributed by atoms with E-state index in [0.29, 0.717) is 35.8 Å². The molecule has 0 bridgehead atoms. The highest BCUT2D eigenvalue weighted by molar-refractivity contribution is 5.64. The molecule has 3 aromatic rings. The first-order valence-electron chi connectivity index (χ1n) is 10.9. The molecule has 5 rings (SSSR count). The molecule has 0 amide bonds. The SMILES string of the molecule is N#Cc1cc(F)cc(Nc2cc(OC[C@H]3CCCNC3)nc3c(C4CCC4)cnn23)c1. The quantitative estimate of drug-likeness (QED) is 0.624. The van der Waals surface area contributed by atoms with Crippen LogP contribution in [0, 0.1) is 23.1 Å². The van der Waals surface area contributed by atoms with Gasteiger partial charge in [-0.3, -0.25) is 0 Å². The molecule has 0 unspecified atom stereocenters. The van der Waals surface area contributed by atoms with Crippen molar-refractivity contribution in [1.82, 2.24) is 19.9 Å². The predicted molar refractivity (Wildman–Crippen MR) is 115 cm³/mol. The number of nitrogens with zero attached hydrogens (tertiary/aromatic N) is 4. The zero-order chi connectivity index (χ0) is 21.2. The van der Waals surface area contributed by atoms with Crippen LogP contribution < -0.4 is 15.4 Å². The third kappa shape index (κ3) is 4.19. The lowest BCUT2D eigenvalue weighted by molar-refractivity contribution is 0.212. The average Bonchev–Trinajstić information content (AvgIpc) is 3.15. The van der Waals surface area contributed by atoms with Crippen LogP contribution in [0.5, 0.6) is 5.88 Å². The molecule has 1 aliphatic heterocycles. The lowest BCUT2D eigenvalue weighted by Gasteiger charge is -2.24. The minimum Gasteiger partial charge on any atom is -0.477 e. The molecule has 1 aliphatic carbocycles. The van der Waals surface area contributed by atoms with E-state index in [2.05, 4.69) is 15.7 Å². The van der Waals surface area contributed by atoms with E-state index in [1.807, 2.05) is 12.3 Å². The second kappa shape index (κ2) is 8.52. The molecule has 0 radical (unpaired) electrons. The van der Waals surface area contributed by atoms with Gasteiger partial charge in [0.2, 0.25) is 5.88 Å². The van der Waals surface area contributed by atoms with Crippen molar-refractivity contribution in [3.63, 3.8) is 0 Å². The smallest absolute Gasteiger partial charge is 0.219 e. The van der Waals surface area contributed by atoms with Gasteiger partial charge in [-0.15, -0.1) is 0 Å². The van der Waals surface area contributed by atoms with E-state index in [1.165, 1.54) is 18.6 Å². The highest BCUT2D eigenvalue weighted by atomic mass is 19.1. The molecule has 2 fully saturated rings. The number of aromatic nitrogens is 3. The molecule has 1 aromatic carbocycles. The normalized spacial score (nSPS) is 19.0. The maximum Gasteiger partial charge on any atom is 0.219 e. The van der Waals surface area contributed by atoms with Gasteiger partial charge in [-0.25, -0.2) is 4.39 Å². The topological polar surface area (TPSA) is 87.3 Å². The molecule has 1 saturated carbocycles. The summed E-state index contributed by atoms with van der Waals surface area (Å²) in [5.41, 5.74) is 2.62. The van der Waals surface area contributed by atoms with Crippen molar-refractivity contribution in [1.29, 1.82) is 5.26 Å². The van der Waals surface area contributed by atoms with Gasteiger partial charge in [0.05, 0.1) is 24.4 Å². The molecule has 2 aliphatic rings. The maximum atomic E-state index is 13.9. The molecule has 2 aromatic heterocycles. The summed E-state index contributed by atoms with van der Waals surface area (Å²) in [5, 5.41) is 20.3. The maximum absolute atomic E-state index is 13.9. The number of benzene rings is 1. The second-order valence-corrected chi connectivity index (χ2v) is 8.43. The summed E-state index contributed by atoms with van der Waals surface area (Å²) in [7, 11) is 0. The molecule has 7 nitrogen and oxygen atoms in total. The van der Waals surface area contributed by atoms with Gasteiger partial charge in [0.1, 0.15) is 11.6 Å². The van der Waals surface area contributed by atoms with Gasteiger partial charge in [0.25, 0.3) is 0 Å². The Hall–Kier alpha value is -3.18. The van der Waals surface area contributed by atoms with E-state index in [1.54, 1.807) is 16.6 Å². The van der Waals surface area contributed by atoms with E-state index in [9.17, 15) is 4.39 Å². The van der Waals surface area contributed by atoms with Crippen LogP contribution in [0.1, 0.15) is 49.1 Å². The minimum absolute atomic E-state index is 0.254. The largest absolute Gasteiger partial charge is 0.477 e. The van der Waals surface area contributed by atoms with Crippen LogP contribution in [-0.4, -0.2) is 34.3 Å². The van der Waals surface area contributed by atoms with E-state index in [-0.39, 0.29) is 5.56 Å². The molecule has 0 spiro atoms. The van der Waals surface area contributed by atoms with Gasteiger partial charge >= 0.3 is 0 Å². The first kappa shape index (κ1) is 19.8. The van der Waals surface area contributed by atoms with Crippen molar-refractivity contribution in [3.05, 3.63) is 47.4 Å². The Kier molecular flexibility index (Phi) is 5.43. The number of hydrogen-bond acceptors (Lipinski definition) is 6. The summed E-state index contributed by atoms with van der Waals surface area (Å²) in [5.74, 6) is 1.61. The summed E-state index contributed by atoms with van der Waals surface area (Å²) < 4.78 is 21.8. The summed E-state index contributed by atoms with van der Waals surface area (Å²) in [6.45, 7) is 2.61. The Bertz CT molecular complexity index is 1130. The molecule has 160 valence electrons. The summed E-state index contributed by atoms with van der Waals surface area (Å²) in [6.07, 6.45) is 7.67. The van der Waals surface area contributed by atoms with Crippen LogP contribution in [0.2, 0.25) is 0 Å². The fraction of sp³-hybridized carbons (Fsp3) is 0.435. The van der Waals surface area contributed by atoms with Crippen LogP contribution in [0.15, 0.2) is 30.5 Å². The number of anilines is 2. The first-order chi connectivity index (χ1) is 15.2. The molecular formula is C23H25FN6O. The number of nitrogens with one attached hydrogen (secondary N) is 2. The molecule has 3 heterocycles. The molecule has 8 heteroatoms. The van der Waals surface area contributed by atoms with Crippen LogP contribution in [0.25, 0.3) is 5.65 Å². The standard InChI is InChI=1S/C23H25FN6O/c24-18-7-16(11-25)8-19(9-18)28-21-10-22(31-14-15-3-2-6-26-12-15)29-23-20(13-27-30(21)23)17-4-1-5-17/h7-10,13,15,17,26,28H,1-6,12,14H2/t15-/m0/s1. The summed E-state index contributed by atoms with van der Waals surface area (Å²) in [6, 6.07) is 7.96. The lowest BCUT2D eigenvalue weighted by atomic mass is 9.81. The molecular weight excluding hydrogens is 395 g/mol. The van der Waals surface area contributed by atoms with Crippen molar-refractivity contribution in [2.45, 2.75) is 38.0 Å². The number of rotatable bonds is 6. The van der Waals surface area contributed by atoms with E-state index in [0.717, 1.165) is 50.0 Å². The van der Waals surface area contributed by atoms with Crippen molar-refractivity contribution >= 4 is 17.2 Å². The second-order valence-electron chi connectivity index (χ2n) is 8.43. The summed E-state index contributed by atoms with van der Waals surface area (Å²) >= 11 is 0. The Morgan fingerprint density at radius 1 is 1.23 bits per heavy atom. The van der Waals surface area contributed by atoms with E-state index in [4.69, 9.17) is 15.0 Å². The van der Waals surface area contributed by atoms with Crippen LogP contribution >= 0.6 is 0 Å². The van der Waals surface area contributed by atoms with Gasteiger partial charge < -0.3 is 15.4 Å². The zero-order valence-electron chi connectivity index (χ0n) is 17.3. The van der Waals surface area contributed by atoms with Crippen molar-refractivity contribution in [3.8, 4) is 11.9 Å². The molecule has 31 heavy (non-hydrogen) atoms. The molecule has 2 N–H and O–H groups in total. The van der Waals surface area contributed by atoms with Crippen molar-refractivity contribution in [2.24, 2.45) is 5.92 Å². The van der Waals surface area contributed by atoms with E-state index < -0.39 is 5.82 Å². The molecule has 1 atom stereocenters. The van der Waals surface area contributed by atoms with E-state index >= 15 is 0 Å². The highest BCUT2D eigenvalue weighted by Gasteiger charge is 2.25. The Morgan fingerprint density at radius 2 is 2.13 bits per heavy atom. The molecule has 1 saturated heterocycles. The van der Waals surface area contributed by atoms with Crippen molar-refractivity contribution in [2.75, 3.05) is 25.0 Å². The van der Waals surface area contributed by atoms with Gasteiger partial charge in [-0.05, 0) is 56.3 Å². The number of ether oxygens (including phenoxy) is 1. The van der Waals surface area contributed by atoms with Crippen LogP contribution in [0.4, 0.5) is 15.9 Å². The monoisotopic (exact) mass is 420 g/mol. The Labute approximate surface area is 180 Å². The predicted octanol–water partition coefficient (Wildman–Crippen LogP) is 4.13. The minimum atomic E-state index is -0.469. The number of nitriles is 1. The van der Waals surface area contributed by atoms with Gasteiger partial charge in [-0.2, -0.15) is 19.9 Å². The Balaban J connectivity index is 1.48. The van der Waals surface area contributed by atoms with Crippen molar-refractivity contribution < 1.29 is 9.13 Å². The van der Waals surface area contributed by atoms with Gasteiger partial charge in [-0.1, -0.05) is 6.42 Å². The van der Waals surface area contributed by atoms with Gasteiger partial charge in [0, 0.05) is 29.8 Å². The van der Waals surface area contributed by atoms with Crippen LogP contribution in [-0.2, 0) is 0 Å². The van der Waals surface area contributed by atoms with Gasteiger partial charge in [0.15, 0.2) is 5.65 Å². The average molecular weight is 420 g/mol. The number of fused-ring (bicyclic) bond motifs is 1. The summed E-state index contributed by atoms with van der Waals surface area (Å²) in [4.78, 5) is 4.77. The number of piperidine rings is 1. The highest BCUT2D eigenvalue weighted by Crippen LogP contribution is 2.39. The first-order valence-corrected chi connectivity index (χ1v) is 10.9. The number of hydrogen-bond donors (Lipinski definition) is 2. The Morgan fingerprint density at radius 3 is 2.87 bits per heavy atom.